The Hall–Kier alpha value is -1.87. The molecule has 0 spiro atoms. The molecule has 3 heteroatoms. The van der Waals surface area contributed by atoms with Crippen LogP contribution in [-0.2, 0) is 6.54 Å². The van der Waals surface area contributed by atoms with E-state index in [1.54, 1.807) is 13.1 Å². The summed E-state index contributed by atoms with van der Waals surface area (Å²) in [5.41, 5.74) is 3.11. The summed E-state index contributed by atoms with van der Waals surface area (Å²) in [6.45, 7) is 4.49. The molecule has 0 aliphatic carbocycles. The molecule has 0 radical (unpaired) electrons. The van der Waals surface area contributed by atoms with Crippen molar-refractivity contribution in [2.24, 2.45) is 0 Å². The topological polar surface area (TPSA) is 45.2 Å². The third kappa shape index (κ3) is 3.08. The second kappa shape index (κ2) is 5.65. The first-order chi connectivity index (χ1) is 8.66. The first-order valence-corrected chi connectivity index (χ1v) is 6.09. The number of aliphatic hydroxyl groups excluding tert-OH is 1. The van der Waals surface area contributed by atoms with Crippen LogP contribution in [0.3, 0.4) is 0 Å². The molecule has 0 amide bonds. The summed E-state index contributed by atoms with van der Waals surface area (Å²) in [6.07, 6.45) is 1.24. The first-order valence-electron chi connectivity index (χ1n) is 6.09. The van der Waals surface area contributed by atoms with E-state index in [2.05, 4.69) is 22.4 Å². The smallest absolute Gasteiger partial charge is 0.129 e. The summed E-state index contributed by atoms with van der Waals surface area (Å²) in [7, 11) is 0. The molecule has 0 saturated carbocycles. The number of hydrogen-bond acceptors (Lipinski definition) is 3. The van der Waals surface area contributed by atoms with Crippen LogP contribution in [0.25, 0.3) is 0 Å². The largest absolute Gasteiger partial charge is 0.389 e. The number of benzene rings is 1. The van der Waals surface area contributed by atoms with Crippen LogP contribution >= 0.6 is 0 Å². The molecule has 2 aromatic rings. The number of aromatic nitrogens is 1. The average molecular weight is 242 g/mol. The molecule has 0 saturated heterocycles. The Balaban J connectivity index is 2.06. The Morgan fingerprint density at radius 1 is 1.28 bits per heavy atom. The predicted octanol–water partition coefficient (Wildman–Crippen LogP) is 3.06. The van der Waals surface area contributed by atoms with Gasteiger partial charge in [0.05, 0.1) is 6.10 Å². The zero-order valence-corrected chi connectivity index (χ0v) is 10.7. The number of aryl methyl sites for hydroxylation is 1. The summed E-state index contributed by atoms with van der Waals surface area (Å²) in [5, 5.41) is 12.8. The molecule has 18 heavy (non-hydrogen) atoms. The minimum Gasteiger partial charge on any atom is -0.389 e. The van der Waals surface area contributed by atoms with Gasteiger partial charge < -0.3 is 10.4 Å². The van der Waals surface area contributed by atoms with Crippen LogP contribution in [0.1, 0.15) is 29.7 Å². The number of hydrogen-bond donors (Lipinski definition) is 2. The van der Waals surface area contributed by atoms with Gasteiger partial charge in [0.15, 0.2) is 0 Å². The highest BCUT2D eigenvalue weighted by Crippen LogP contribution is 2.18. The lowest BCUT2D eigenvalue weighted by Gasteiger charge is -2.11. The number of pyridine rings is 1. The fourth-order valence-corrected chi connectivity index (χ4v) is 1.79. The van der Waals surface area contributed by atoms with Crippen molar-refractivity contribution in [3.63, 3.8) is 0 Å². The Kier molecular flexibility index (Phi) is 3.95. The lowest BCUT2D eigenvalue weighted by atomic mass is 10.1. The second-order valence-corrected chi connectivity index (χ2v) is 4.45. The maximum absolute atomic E-state index is 9.49. The van der Waals surface area contributed by atoms with Crippen LogP contribution in [0.4, 0.5) is 5.82 Å². The molecule has 0 aliphatic heterocycles. The standard InChI is InChI=1S/C15H18N2O/c1-11-8-14(12(2)18)10-17-15(11)16-9-13-6-4-3-5-7-13/h3-8,10,12,18H,9H2,1-2H3,(H,16,17)/t12-/m1/s1. The molecule has 0 bridgehead atoms. The quantitative estimate of drug-likeness (QED) is 0.866. The maximum atomic E-state index is 9.49. The average Bonchev–Trinajstić information content (AvgIpc) is 2.38. The van der Waals surface area contributed by atoms with E-state index >= 15 is 0 Å². The molecular weight excluding hydrogens is 224 g/mol. The molecule has 1 atom stereocenters. The van der Waals surface area contributed by atoms with Crippen molar-refractivity contribution >= 4 is 5.82 Å². The zero-order valence-electron chi connectivity index (χ0n) is 10.7. The number of aliphatic hydroxyl groups is 1. The highest BCUT2D eigenvalue weighted by atomic mass is 16.3. The van der Waals surface area contributed by atoms with Gasteiger partial charge in [-0.3, -0.25) is 0 Å². The van der Waals surface area contributed by atoms with Gasteiger partial charge in [0.1, 0.15) is 5.82 Å². The molecule has 94 valence electrons. The van der Waals surface area contributed by atoms with Gasteiger partial charge in [-0.25, -0.2) is 4.98 Å². The van der Waals surface area contributed by atoms with E-state index in [0.29, 0.717) is 0 Å². The van der Waals surface area contributed by atoms with Gasteiger partial charge >= 0.3 is 0 Å². The highest BCUT2D eigenvalue weighted by molar-refractivity contribution is 5.45. The molecular formula is C15H18N2O. The molecule has 0 aliphatic rings. The number of rotatable bonds is 4. The molecule has 2 rings (SSSR count). The number of nitrogens with one attached hydrogen (secondary N) is 1. The molecule has 1 aromatic carbocycles. The Morgan fingerprint density at radius 3 is 2.61 bits per heavy atom. The van der Waals surface area contributed by atoms with Crippen molar-refractivity contribution in [3.8, 4) is 0 Å². The van der Waals surface area contributed by atoms with Gasteiger partial charge in [-0.2, -0.15) is 0 Å². The lowest BCUT2D eigenvalue weighted by Crippen LogP contribution is -2.04. The van der Waals surface area contributed by atoms with Gasteiger partial charge in [0.2, 0.25) is 0 Å². The van der Waals surface area contributed by atoms with Crippen molar-refractivity contribution in [2.45, 2.75) is 26.5 Å². The molecule has 0 fully saturated rings. The Bertz CT molecular complexity index is 509. The monoisotopic (exact) mass is 242 g/mol. The Morgan fingerprint density at radius 2 is 2.00 bits per heavy atom. The minimum atomic E-state index is -0.473. The highest BCUT2D eigenvalue weighted by Gasteiger charge is 2.05. The van der Waals surface area contributed by atoms with Crippen LogP contribution in [-0.4, -0.2) is 10.1 Å². The van der Waals surface area contributed by atoms with Crippen molar-refractivity contribution in [3.05, 3.63) is 59.3 Å². The third-order valence-electron chi connectivity index (χ3n) is 2.88. The number of anilines is 1. The van der Waals surface area contributed by atoms with Crippen molar-refractivity contribution < 1.29 is 5.11 Å². The van der Waals surface area contributed by atoms with Gasteiger partial charge in [0.25, 0.3) is 0 Å². The first kappa shape index (κ1) is 12.6. The van der Waals surface area contributed by atoms with Crippen LogP contribution in [0.15, 0.2) is 42.6 Å². The van der Waals surface area contributed by atoms with Crippen LogP contribution < -0.4 is 5.32 Å². The van der Waals surface area contributed by atoms with Crippen molar-refractivity contribution in [1.29, 1.82) is 0 Å². The minimum absolute atomic E-state index is 0.473. The maximum Gasteiger partial charge on any atom is 0.129 e. The summed E-state index contributed by atoms with van der Waals surface area (Å²) >= 11 is 0. The Labute approximate surface area is 108 Å². The van der Waals surface area contributed by atoms with E-state index in [-0.39, 0.29) is 0 Å². The van der Waals surface area contributed by atoms with Gasteiger partial charge in [0, 0.05) is 12.7 Å². The lowest BCUT2D eigenvalue weighted by molar-refractivity contribution is 0.199. The van der Waals surface area contributed by atoms with E-state index in [1.165, 1.54) is 5.56 Å². The molecule has 3 nitrogen and oxygen atoms in total. The van der Waals surface area contributed by atoms with Gasteiger partial charge in [-0.1, -0.05) is 30.3 Å². The number of nitrogens with zero attached hydrogens (tertiary/aromatic N) is 1. The zero-order chi connectivity index (χ0) is 13.0. The summed E-state index contributed by atoms with van der Waals surface area (Å²) in [4.78, 5) is 4.34. The van der Waals surface area contributed by atoms with E-state index in [1.807, 2.05) is 31.2 Å². The van der Waals surface area contributed by atoms with Crippen LogP contribution in [0, 0.1) is 6.92 Å². The van der Waals surface area contributed by atoms with E-state index in [4.69, 9.17) is 0 Å². The fourth-order valence-electron chi connectivity index (χ4n) is 1.79. The summed E-state index contributed by atoms with van der Waals surface area (Å²) in [6, 6.07) is 12.2. The van der Waals surface area contributed by atoms with E-state index in [9.17, 15) is 5.11 Å². The SMILES string of the molecule is Cc1cc([C@@H](C)O)cnc1NCc1ccccc1. The third-order valence-corrected chi connectivity index (χ3v) is 2.88. The summed E-state index contributed by atoms with van der Waals surface area (Å²) < 4.78 is 0. The molecule has 1 aromatic heterocycles. The van der Waals surface area contributed by atoms with Gasteiger partial charge in [-0.05, 0) is 36.6 Å². The van der Waals surface area contributed by atoms with Crippen LogP contribution in [0.5, 0.6) is 0 Å². The van der Waals surface area contributed by atoms with Crippen LogP contribution in [0.2, 0.25) is 0 Å². The fraction of sp³-hybridized carbons (Fsp3) is 0.267. The van der Waals surface area contributed by atoms with E-state index < -0.39 is 6.10 Å². The van der Waals surface area contributed by atoms with Crippen molar-refractivity contribution in [1.82, 2.24) is 4.98 Å². The second-order valence-electron chi connectivity index (χ2n) is 4.45. The van der Waals surface area contributed by atoms with Crippen molar-refractivity contribution in [2.75, 3.05) is 5.32 Å². The molecule has 1 heterocycles. The molecule has 2 N–H and O–H groups in total. The van der Waals surface area contributed by atoms with E-state index in [0.717, 1.165) is 23.5 Å². The normalized spacial score (nSPS) is 12.2. The van der Waals surface area contributed by atoms with Gasteiger partial charge in [-0.15, -0.1) is 0 Å². The molecule has 0 unspecified atom stereocenters. The predicted molar refractivity (Wildman–Crippen MR) is 73.4 cm³/mol. The summed E-state index contributed by atoms with van der Waals surface area (Å²) in [5.74, 6) is 0.864.